The van der Waals surface area contributed by atoms with E-state index in [0.717, 1.165) is 16.8 Å². The number of anilines is 1. The van der Waals surface area contributed by atoms with Gasteiger partial charge in [0.25, 0.3) is 5.91 Å². The minimum atomic E-state index is -0.531. The van der Waals surface area contributed by atoms with Gasteiger partial charge in [0.15, 0.2) is 5.17 Å². The standard InChI is InChI=1S/C25H19ClN4O2S/c26-18-11-5-7-13-20(18)27-22(31)15-33-25-29-19-12-6-4-10-17(19)23-28-21(24(32)30(23)25)14-16-8-2-1-3-9-16/h1-13,21H,14-15H2,(H,27,31). The highest BCUT2D eigenvalue weighted by Crippen LogP contribution is 2.34. The third-order valence-electron chi connectivity index (χ3n) is 5.30. The Kier molecular flexibility index (Phi) is 5.98. The van der Waals surface area contributed by atoms with Crippen LogP contribution in [0.2, 0.25) is 5.02 Å². The molecular formula is C25H19ClN4O2S. The van der Waals surface area contributed by atoms with Crippen LogP contribution in [0.15, 0.2) is 88.8 Å². The van der Waals surface area contributed by atoms with E-state index in [1.54, 1.807) is 29.2 Å². The van der Waals surface area contributed by atoms with Gasteiger partial charge in [-0.3, -0.25) is 14.6 Å². The van der Waals surface area contributed by atoms with Crippen LogP contribution in [0.3, 0.4) is 0 Å². The van der Waals surface area contributed by atoms with Crippen LogP contribution in [0.25, 0.3) is 0 Å². The van der Waals surface area contributed by atoms with Gasteiger partial charge in [0.2, 0.25) is 5.91 Å². The quantitative estimate of drug-likeness (QED) is 0.570. The number of nitrogens with zero attached hydrogens (tertiary/aromatic N) is 3. The summed E-state index contributed by atoms with van der Waals surface area (Å²) < 4.78 is 0. The van der Waals surface area contributed by atoms with E-state index in [0.29, 0.717) is 28.1 Å². The first-order valence-corrected chi connectivity index (χ1v) is 11.8. The molecule has 0 aromatic heterocycles. The second-order valence-corrected chi connectivity index (χ2v) is 8.91. The highest BCUT2D eigenvalue weighted by atomic mass is 35.5. The molecule has 0 fully saturated rings. The van der Waals surface area contributed by atoms with Crippen LogP contribution in [0.5, 0.6) is 0 Å². The summed E-state index contributed by atoms with van der Waals surface area (Å²) >= 11 is 7.34. The van der Waals surface area contributed by atoms with Crippen molar-refractivity contribution in [3.63, 3.8) is 0 Å². The molecule has 2 amide bonds. The number of aliphatic imine (C=N–C) groups is 2. The van der Waals surface area contributed by atoms with Gasteiger partial charge < -0.3 is 5.32 Å². The van der Waals surface area contributed by atoms with E-state index in [1.807, 2.05) is 54.6 Å². The topological polar surface area (TPSA) is 74.1 Å². The van der Waals surface area contributed by atoms with E-state index in [1.165, 1.54) is 11.8 Å². The largest absolute Gasteiger partial charge is 0.324 e. The summed E-state index contributed by atoms with van der Waals surface area (Å²) in [6, 6.07) is 23.9. The molecule has 0 saturated carbocycles. The Morgan fingerprint density at radius 1 is 1.00 bits per heavy atom. The van der Waals surface area contributed by atoms with Crippen molar-refractivity contribution in [3.05, 3.63) is 95.0 Å². The molecule has 6 nitrogen and oxygen atoms in total. The number of carbonyl (C=O) groups is 2. The predicted octanol–water partition coefficient (Wildman–Crippen LogP) is 4.91. The fourth-order valence-corrected chi connectivity index (χ4v) is 4.73. The molecule has 8 heteroatoms. The highest BCUT2D eigenvalue weighted by molar-refractivity contribution is 8.14. The van der Waals surface area contributed by atoms with Crippen molar-refractivity contribution >= 4 is 57.6 Å². The van der Waals surface area contributed by atoms with Crippen molar-refractivity contribution in [1.82, 2.24) is 4.90 Å². The summed E-state index contributed by atoms with van der Waals surface area (Å²) in [7, 11) is 0. The number of carbonyl (C=O) groups excluding carboxylic acids is 2. The molecule has 0 aliphatic carbocycles. The average Bonchev–Trinajstić information content (AvgIpc) is 3.16. The number of benzene rings is 3. The van der Waals surface area contributed by atoms with Crippen molar-refractivity contribution in [2.45, 2.75) is 12.5 Å². The third-order valence-corrected chi connectivity index (χ3v) is 6.57. The molecule has 1 unspecified atom stereocenters. The molecule has 1 N–H and O–H groups in total. The second-order valence-electron chi connectivity index (χ2n) is 7.56. The summed E-state index contributed by atoms with van der Waals surface area (Å²) in [6.45, 7) is 0. The van der Waals surface area contributed by atoms with Gasteiger partial charge in [-0.25, -0.2) is 9.89 Å². The summed E-state index contributed by atoms with van der Waals surface area (Å²) in [5, 5.41) is 3.71. The Morgan fingerprint density at radius 3 is 2.55 bits per heavy atom. The Balaban J connectivity index is 1.37. The molecule has 2 heterocycles. The number of rotatable bonds is 5. The van der Waals surface area contributed by atoms with Crippen LogP contribution < -0.4 is 5.32 Å². The number of hydrogen-bond donors (Lipinski definition) is 1. The van der Waals surface area contributed by atoms with Crippen molar-refractivity contribution in [2.75, 3.05) is 11.1 Å². The van der Waals surface area contributed by atoms with E-state index < -0.39 is 6.04 Å². The smallest absolute Gasteiger partial charge is 0.259 e. The lowest BCUT2D eigenvalue weighted by Crippen LogP contribution is -2.41. The molecule has 2 aliphatic rings. The number of thioether (sulfide) groups is 1. The van der Waals surface area contributed by atoms with Crippen molar-refractivity contribution in [3.8, 4) is 0 Å². The molecule has 0 spiro atoms. The van der Waals surface area contributed by atoms with E-state index in [4.69, 9.17) is 16.6 Å². The van der Waals surface area contributed by atoms with Gasteiger partial charge in [-0.05, 0) is 29.8 Å². The zero-order chi connectivity index (χ0) is 22.8. The summed E-state index contributed by atoms with van der Waals surface area (Å²) in [6.07, 6.45) is 0.507. The first-order chi connectivity index (χ1) is 16.1. The molecule has 2 aliphatic heterocycles. The van der Waals surface area contributed by atoms with Crippen LogP contribution in [0.4, 0.5) is 11.4 Å². The van der Waals surface area contributed by atoms with E-state index >= 15 is 0 Å². The molecule has 0 radical (unpaired) electrons. The lowest BCUT2D eigenvalue weighted by atomic mass is 10.1. The molecule has 164 valence electrons. The van der Waals surface area contributed by atoms with Gasteiger partial charge in [-0.15, -0.1) is 0 Å². The number of amidine groups is 2. The van der Waals surface area contributed by atoms with Gasteiger partial charge >= 0.3 is 0 Å². The second kappa shape index (κ2) is 9.21. The Labute approximate surface area is 200 Å². The lowest BCUT2D eigenvalue weighted by molar-refractivity contribution is -0.124. The molecule has 3 aromatic rings. The van der Waals surface area contributed by atoms with E-state index in [2.05, 4.69) is 10.3 Å². The molecule has 1 atom stereocenters. The first-order valence-electron chi connectivity index (χ1n) is 10.4. The first kappa shape index (κ1) is 21.4. The molecule has 3 aromatic carbocycles. The Bertz CT molecular complexity index is 1290. The van der Waals surface area contributed by atoms with Gasteiger partial charge in [0, 0.05) is 12.0 Å². The summed E-state index contributed by atoms with van der Waals surface area (Å²) in [4.78, 5) is 36.9. The lowest BCUT2D eigenvalue weighted by Gasteiger charge is -2.25. The average molecular weight is 475 g/mol. The van der Waals surface area contributed by atoms with Crippen molar-refractivity contribution in [2.24, 2.45) is 9.98 Å². The Hall–Kier alpha value is -3.42. The van der Waals surface area contributed by atoms with Crippen LogP contribution in [0.1, 0.15) is 11.1 Å². The Morgan fingerprint density at radius 2 is 1.73 bits per heavy atom. The fourth-order valence-electron chi connectivity index (χ4n) is 3.75. The van der Waals surface area contributed by atoms with Crippen LogP contribution in [0, 0.1) is 0 Å². The van der Waals surface area contributed by atoms with Gasteiger partial charge in [0.05, 0.1) is 22.2 Å². The number of amides is 2. The van der Waals surface area contributed by atoms with Crippen LogP contribution in [-0.2, 0) is 16.0 Å². The van der Waals surface area contributed by atoms with Gasteiger partial charge in [-0.1, -0.05) is 78.0 Å². The van der Waals surface area contributed by atoms with Crippen LogP contribution >= 0.6 is 23.4 Å². The monoisotopic (exact) mass is 474 g/mol. The van der Waals surface area contributed by atoms with Crippen molar-refractivity contribution in [1.29, 1.82) is 0 Å². The minimum Gasteiger partial charge on any atom is -0.324 e. The van der Waals surface area contributed by atoms with Crippen LogP contribution in [-0.4, -0.2) is 39.5 Å². The number of hydrogen-bond acceptors (Lipinski definition) is 5. The zero-order valence-electron chi connectivity index (χ0n) is 17.4. The van der Waals surface area contributed by atoms with Gasteiger partial charge in [0.1, 0.15) is 11.9 Å². The molecule has 33 heavy (non-hydrogen) atoms. The molecule has 0 bridgehead atoms. The summed E-state index contributed by atoms with van der Waals surface area (Å²) in [5.74, 6) is 0.286. The maximum Gasteiger partial charge on any atom is 0.259 e. The fraction of sp³-hybridized carbons (Fsp3) is 0.120. The number of nitrogens with one attached hydrogen (secondary N) is 1. The normalized spacial score (nSPS) is 16.6. The maximum atomic E-state index is 13.3. The van der Waals surface area contributed by atoms with E-state index in [-0.39, 0.29) is 17.6 Å². The summed E-state index contributed by atoms with van der Waals surface area (Å²) in [5.41, 5.74) is 3.13. The minimum absolute atomic E-state index is 0.0760. The maximum absolute atomic E-state index is 13.3. The third kappa shape index (κ3) is 4.42. The number of fused-ring (bicyclic) bond motifs is 3. The molecule has 5 rings (SSSR count). The SMILES string of the molecule is O=C(CSC1=Nc2ccccc2C2=NC(Cc3ccccc3)C(=O)N12)Nc1ccccc1Cl. The number of para-hydroxylation sites is 2. The van der Waals surface area contributed by atoms with Gasteiger partial charge in [-0.2, -0.15) is 0 Å². The number of halogens is 1. The predicted molar refractivity (Wildman–Crippen MR) is 133 cm³/mol. The molecular weight excluding hydrogens is 456 g/mol. The highest BCUT2D eigenvalue weighted by Gasteiger charge is 2.41. The zero-order valence-corrected chi connectivity index (χ0v) is 19.0. The van der Waals surface area contributed by atoms with E-state index in [9.17, 15) is 9.59 Å². The van der Waals surface area contributed by atoms with Crippen molar-refractivity contribution < 1.29 is 9.59 Å². The molecule has 0 saturated heterocycles.